The van der Waals surface area contributed by atoms with Crippen molar-refractivity contribution in [1.82, 2.24) is 10.0 Å². The van der Waals surface area contributed by atoms with Crippen molar-refractivity contribution >= 4 is 23.4 Å². The van der Waals surface area contributed by atoms with Crippen LogP contribution in [-0.2, 0) is 14.5 Å². The molecule has 2 aromatic carbocycles. The summed E-state index contributed by atoms with van der Waals surface area (Å²) in [5, 5.41) is 3.06. The van der Waals surface area contributed by atoms with Gasteiger partial charge >= 0.3 is 0 Å². The van der Waals surface area contributed by atoms with Gasteiger partial charge in [0.05, 0.1) is 0 Å². The first kappa shape index (κ1) is 17.1. The van der Waals surface area contributed by atoms with Crippen LogP contribution in [0.5, 0.6) is 0 Å². The number of hydrogen-bond donors (Lipinski definition) is 0. The van der Waals surface area contributed by atoms with Crippen molar-refractivity contribution in [3.63, 3.8) is 0 Å². The van der Waals surface area contributed by atoms with Crippen LogP contribution in [0, 0.1) is 13.8 Å². The fourth-order valence-electron chi connectivity index (χ4n) is 4.02. The van der Waals surface area contributed by atoms with Crippen molar-refractivity contribution in [1.29, 1.82) is 0 Å². The molecule has 0 aromatic heterocycles. The molecule has 2 heterocycles. The summed E-state index contributed by atoms with van der Waals surface area (Å²) in [6.45, 7) is 5.05. The normalized spacial score (nSPS) is 19.0. The van der Waals surface area contributed by atoms with Gasteiger partial charge in [-0.05, 0) is 60.6 Å². The second kappa shape index (κ2) is 6.13. The van der Waals surface area contributed by atoms with Gasteiger partial charge in [0, 0.05) is 13.1 Å². The molecule has 5 heteroatoms. The Morgan fingerprint density at radius 2 is 1.46 bits per heavy atom. The van der Waals surface area contributed by atoms with Gasteiger partial charge in [0.2, 0.25) is 4.87 Å². The summed E-state index contributed by atoms with van der Waals surface area (Å²) in [6.07, 6.45) is 1.79. The van der Waals surface area contributed by atoms with E-state index in [1.807, 2.05) is 56.3 Å². The van der Waals surface area contributed by atoms with Crippen molar-refractivity contribution in [2.75, 3.05) is 13.1 Å². The third-order valence-corrected chi connectivity index (χ3v) is 5.89. The van der Waals surface area contributed by atoms with E-state index in [0.717, 1.165) is 35.1 Å². The van der Waals surface area contributed by atoms with E-state index in [0.29, 0.717) is 18.7 Å². The first-order chi connectivity index (χ1) is 12.4. The average molecular weight is 369 g/mol. The molecule has 0 aliphatic carbocycles. The van der Waals surface area contributed by atoms with Crippen LogP contribution in [0.25, 0.3) is 11.1 Å². The Hall–Kier alpha value is -2.33. The predicted molar refractivity (Wildman–Crippen MR) is 102 cm³/mol. The lowest BCUT2D eigenvalue weighted by Crippen LogP contribution is -2.45. The molecular formula is C21H21ClN2O2. The lowest BCUT2D eigenvalue weighted by atomic mass is 9.87. The van der Waals surface area contributed by atoms with E-state index in [-0.39, 0.29) is 11.8 Å². The Kier molecular flexibility index (Phi) is 4.03. The first-order valence-electron chi connectivity index (χ1n) is 8.94. The predicted octanol–water partition coefficient (Wildman–Crippen LogP) is 3.78. The van der Waals surface area contributed by atoms with Crippen LogP contribution in [0.15, 0.2) is 42.5 Å². The van der Waals surface area contributed by atoms with E-state index >= 15 is 0 Å². The second-order valence-corrected chi connectivity index (χ2v) is 7.64. The fraction of sp³-hybridized carbons (Fsp3) is 0.333. The van der Waals surface area contributed by atoms with Gasteiger partial charge in [-0.25, -0.2) is 10.0 Å². The number of fused-ring (bicyclic) bond motifs is 1. The lowest BCUT2D eigenvalue weighted by molar-refractivity contribution is -0.150. The largest absolute Gasteiger partial charge is 0.276 e. The molecule has 0 radical (unpaired) electrons. The third-order valence-electron chi connectivity index (χ3n) is 5.37. The van der Waals surface area contributed by atoms with E-state index in [2.05, 4.69) is 0 Å². The van der Waals surface area contributed by atoms with E-state index in [4.69, 9.17) is 11.6 Å². The highest BCUT2D eigenvalue weighted by atomic mass is 35.5. The maximum Gasteiger partial charge on any atom is 0.276 e. The Labute approximate surface area is 158 Å². The van der Waals surface area contributed by atoms with Gasteiger partial charge in [-0.15, -0.1) is 0 Å². The van der Waals surface area contributed by atoms with Crippen molar-refractivity contribution in [2.24, 2.45) is 0 Å². The zero-order valence-corrected chi connectivity index (χ0v) is 15.7. The maximum absolute atomic E-state index is 13.1. The molecule has 2 amide bonds. The summed E-state index contributed by atoms with van der Waals surface area (Å²) in [6, 6.07) is 13.9. The van der Waals surface area contributed by atoms with Gasteiger partial charge in [-0.3, -0.25) is 9.59 Å². The molecule has 0 unspecified atom stereocenters. The average Bonchev–Trinajstić information content (AvgIpc) is 2.85. The summed E-state index contributed by atoms with van der Waals surface area (Å²) >= 11 is 6.81. The second-order valence-electron chi connectivity index (χ2n) is 7.07. The number of carbonyl (C=O) groups is 2. The molecule has 134 valence electrons. The standard InChI is InChI=1S/C21H21ClN2O2/c1-14-12-15(2)18(13-17(14)16-8-4-3-5-9-16)21(22)19(25)23-10-6-7-11-24(23)20(21)26/h3-5,8-9,12-13H,6-7,10-11H2,1-2H3. The topological polar surface area (TPSA) is 40.6 Å². The number of halogens is 1. The monoisotopic (exact) mass is 368 g/mol. The maximum atomic E-state index is 13.1. The van der Waals surface area contributed by atoms with Crippen LogP contribution in [0.1, 0.15) is 29.5 Å². The number of aryl methyl sites for hydroxylation is 2. The van der Waals surface area contributed by atoms with Gasteiger partial charge in [0.25, 0.3) is 11.8 Å². The highest BCUT2D eigenvalue weighted by Gasteiger charge is 2.59. The highest BCUT2D eigenvalue weighted by Crippen LogP contribution is 2.44. The summed E-state index contributed by atoms with van der Waals surface area (Å²) in [5.41, 5.74) is 4.58. The number of rotatable bonds is 2. The van der Waals surface area contributed by atoms with E-state index < -0.39 is 4.87 Å². The van der Waals surface area contributed by atoms with Crippen molar-refractivity contribution in [2.45, 2.75) is 31.6 Å². The molecule has 0 bridgehead atoms. The van der Waals surface area contributed by atoms with Crippen LogP contribution >= 0.6 is 11.6 Å². The Morgan fingerprint density at radius 3 is 2.04 bits per heavy atom. The summed E-state index contributed by atoms with van der Waals surface area (Å²) in [7, 11) is 0. The van der Waals surface area contributed by atoms with E-state index in [1.54, 1.807) is 0 Å². The molecule has 26 heavy (non-hydrogen) atoms. The number of carbonyl (C=O) groups excluding carboxylic acids is 2. The van der Waals surface area contributed by atoms with Gasteiger partial charge < -0.3 is 0 Å². The molecule has 2 aliphatic rings. The third kappa shape index (κ3) is 2.36. The molecule has 4 rings (SSSR count). The zero-order chi connectivity index (χ0) is 18.5. The van der Waals surface area contributed by atoms with Gasteiger partial charge in [-0.2, -0.15) is 0 Å². The molecule has 0 saturated carbocycles. The minimum atomic E-state index is -1.66. The van der Waals surface area contributed by atoms with Gasteiger partial charge in [-0.1, -0.05) is 48.0 Å². The number of hydrogen-bond acceptors (Lipinski definition) is 2. The van der Waals surface area contributed by atoms with Gasteiger partial charge in [0.1, 0.15) is 0 Å². The minimum absolute atomic E-state index is 0.324. The number of benzene rings is 2. The molecule has 0 N–H and O–H groups in total. The Bertz CT molecular complexity index is 870. The number of amides is 2. The molecular weight excluding hydrogens is 348 g/mol. The van der Waals surface area contributed by atoms with Gasteiger partial charge in [0.15, 0.2) is 0 Å². The molecule has 2 saturated heterocycles. The van der Waals surface area contributed by atoms with Crippen LogP contribution < -0.4 is 0 Å². The van der Waals surface area contributed by atoms with Crippen LogP contribution in [0.2, 0.25) is 0 Å². The smallest absolute Gasteiger partial charge is 0.270 e. The number of alkyl halides is 1. The molecule has 2 aliphatic heterocycles. The van der Waals surface area contributed by atoms with Crippen LogP contribution in [0.3, 0.4) is 0 Å². The number of nitrogens with zero attached hydrogens (tertiary/aromatic N) is 2. The number of hydrazine groups is 1. The SMILES string of the molecule is Cc1cc(C)c(C2(Cl)C(=O)N3CCCCN3C2=O)cc1-c1ccccc1. The summed E-state index contributed by atoms with van der Waals surface area (Å²) in [4.78, 5) is 24.5. The summed E-state index contributed by atoms with van der Waals surface area (Å²) < 4.78 is 0. The molecule has 4 nitrogen and oxygen atoms in total. The minimum Gasteiger partial charge on any atom is -0.270 e. The van der Waals surface area contributed by atoms with E-state index in [1.165, 1.54) is 10.0 Å². The molecule has 2 fully saturated rings. The molecule has 2 aromatic rings. The van der Waals surface area contributed by atoms with Crippen molar-refractivity contribution < 1.29 is 9.59 Å². The summed E-state index contributed by atoms with van der Waals surface area (Å²) in [5.74, 6) is -0.648. The highest BCUT2D eigenvalue weighted by molar-refractivity contribution is 6.47. The quantitative estimate of drug-likeness (QED) is 0.597. The van der Waals surface area contributed by atoms with Crippen LogP contribution in [-0.4, -0.2) is 34.9 Å². The zero-order valence-electron chi connectivity index (χ0n) is 15.0. The van der Waals surface area contributed by atoms with E-state index in [9.17, 15) is 9.59 Å². The van der Waals surface area contributed by atoms with Crippen molar-refractivity contribution in [3.05, 3.63) is 59.2 Å². The Balaban J connectivity index is 1.87. The molecule has 0 spiro atoms. The van der Waals surface area contributed by atoms with Crippen molar-refractivity contribution in [3.8, 4) is 11.1 Å². The first-order valence-corrected chi connectivity index (χ1v) is 9.32. The Morgan fingerprint density at radius 1 is 0.885 bits per heavy atom. The lowest BCUT2D eigenvalue weighted by Gasteiger charge is -2.31. The van der Waals surface area contributed by atoms with Crippen LogP contribution in [0.4, 0.5) is 0 Å². The molecule has 0 atom stereocenters. The fourth-order valence-corrected chi connectivity index (χ4v) is 4.42.